The standard InChI is InChI=1S/C12H16N2O2/c1-3-8-5-9(13)6-10-12(8)16-7(2)4-11(15)14-10/h5-7H,3-4,13H2,1-2H3,(H,14,15). The summed E-state index contributed by atoms with van der Waals surface area (Å²) < 4.78 is 5.77. The van der Waals surface area contributed by atoms with Crippen LogP contribution in [0.2, 0.25) is 0 Å². The number of hydrogen-bond acceptors (Lipinski definition) is 3. The lowest BCUT2D eigenvalue weighted by Crippen LogP contribution is -2.17. The van der Waals surface area contributed by atoms with Gasteiger partial charge in [0.25, 0.3) is 0 Å². The number of hydrogen-bond donors (Lipinski definition) is 2. The van der Waals surface area contributed by atoms with Gasteiger partial charge in [-0.15, -0.1) is 0 Å². The molecule has 0 saturated carbocycles. The Morgan fingerprint density at radius 3 is 3.00 bits per heavy atom. The van der Waals surface area contributed by atoms with Crippen molar-refractivity contribution in [1.29, 1.82) is 0 Å². The quantitative estimate of drug-likeness (QED) is 0.711. The number of carbonyl (C=O) groups is 1. The van der Waals surface area contributed by atoms with E-state index in [0.29, 0.717) is 17.8 Å². The number of anilines is 2. The van der Waals surface area contributed by atoms with E-state index >= 15 is 0 Å². The Kier molecular flexibility index (Phi) is 2.73. The molecule has 1 unspecified atom stereocenters. The minimum absolute atomic E-state index is 0.0288. The van der Waals surface area contributed by atoms with E-state index in [1.165, 1.54) is 0 Å². The normalized spacial score (nSPS) is 19.4. The highest BCUT2D eigenvalue weighted by molar-refractivity contribution is 5.94. The zero-order valence-electron chi connectivity index (χ0n) is 9.54. The van der Waals surface area contributed by atoms with Gasteiger partial charge in [-0.1, -0.05) is 6.92 Å². The van der Waals surface area contributed by atoms with E-state index < -0.39 is 0 Å². The van der Waals surface area contributed by atoms with Crippen LogP contribution in [0.3, 0.4) is 0 Å². The topological polar surface area (TPSA) is 64.3 Å². The van der Waals surface area contributed by atoms with Gasteiger partial charge < -0.3 is 15.8 Å². The smallest absolute Gasteiger partial charge is 0.228 e. The molecule has 1 aliphatic heterocycles. The highest BCUT2D eigenvalue weighted by atomic mass is 16.5. The molecule has 1 aromatic carbocycles. The predicted octanol–water partition coefficient (Wildman–Crippen LogP) is 1.94. The molecule has 0 spiro atoms. The molecular weight excluding hydrogens is 204 g/mol. The number of benzene rings is 1. The minimum atomic E-state index is -0.102. The molecule has 1 atom stereocenters. The van der Waals surface area contributed by atoms with Crippen molar-refractivity contribution in [2.75, 3.05) is 11.1 Å². The molecule has 4 nitrogen and oxygen atoms in total. The fraction of sp³-hybridized carbons (Fsp3) is 0.417. The third-order valence-corrected chi connectivity index (χ3v) is 2.64. The van der Waals surface area contributed by atoms with Crippen LogP contribution in [0.25, 0.3) is 0 Å². The summed E-state index contributed by atoms with van der Waals surface area (Å²) in [6, 6.07) is 3.63. The maximum Gasteiger partial charge on any atom is 0.228 e. The summed E-state index contributed by atoms with van der Waals surface area (Å²) in [5, 5.41) is 2.82. The summed E-state index contributed by atoms with van der Waals surface area (Å²) in [5.74, 6) is 0.731. The molecule has 0 fully saturated rings. The van der Waals surface area contributed by atoms with Crippen LogP contribution in [0, 0.1) is 0 Å². The molecule has 86 valence electrons. The lowest BCUT2D eigenvalue weighted by atomic mass is 10.1. The first-order valence-electron chi connectivity index (χ1n) is 5.49. The van der Waals surface area contributed by atoms with Gasteiger partial charge in [0.05, 0.1) is 12.1 Å². The molecule has 4 heteroatoms. The van der Waals surface area contributed by atoms with Gasteiger partial charge in [0, 0.05) is 5.69 Å². The number of nitrogens with one attached hydrogen (secondary N) is 1. The number of nitrogens with two attached hydrogens (primary N) is 1. The Labute approximate surface area is 94.8 Å². The summed E-state index contributed by atoms with van der Waals surface area (Å²) in [6.45, 7) is 3.93. The van der Waals surface area contributed by atoms with Gasteiger partial charge in [-0.3, -0.25) is 4.79 Å². The minimum Gasteiger partial charge on any atom is -0.488 e. The Hall–Kier alpha value is -1.71. The number of fused-ring (bicyclic) bond motifs is 1. The number of aryl methyl sites for hydroxylation is 1. The average molecular weight is 220 g/mol. The van der Waals surface area contributed by atoms with Crippen molar-refractivity contribution in [3.8, 4) is 5.75 Å². The van der Waals surface area contributed by atoms with Crippen molar-refractivity contribution in [2.45, 2.75) is 32.8 Å². The second kappa shape index (κ2) is 4.04. The Morgan fingerprint density at radius 1 is 1.56 bits per heavy atom. The summed E-state index contributed by atoms with van der Waals surface area (Å²) in [5.41, 5.74) is 8.15. The van der Waals surface area contributed by atoms with Gasteiger partial charge in [0.15, 0.2) is 0 Å². The SMILES string of the molecule is CCc1cc(N)cc2c1OC(C)CC(=O)N2. The molecule has 2 rings (SSSR count). The zero-order valence-corrected chi connectivity index (χ0v) is 9.54. The average Bonchev–Trinajstić information content (AvgIpc) is 2.33. The van der Waals surface area contributed by atoms with E-state index in [0.717, 1.165) is 17.7 Å². The van der Waals surface area contributed by atoms with Crippen molar-refractivity contribution in [3.05, 3.63) is 17.7 Å². The van der Waals surface area contributed by atoms with Crippen LogP contribution in [-0.2, 0) is 11.2 Å². The summed E-state index contributed by atoms with van der Waals surface area (Å²) >= 11 is 0. The number of nitrogen functional groups attached to an aromatic ring is 1. The molecule has 16 heavy (non-hydrogen) atoms. The molecule has 0 saturated heterocycles. The maximum absolute atomic E-state index is 11.5. The zero-order chi connectivity index (χ0) is 11.7. The highest BCUT2D eigenvalue weighted by Crippen LogP contribution is 2.35. The van der Waals surface area contributed by atoms with Crippen molar-refractivity contribution in [3.63, 3.8) is 0 Å². The third-order valence-electron chi connectivity index (χ3n) is 2.64. The molecular formula is C12H16N2O2. The number of amides is 1. The fourth-order valence-corrected chi connectivity index (χ4v) is 1.91. The maximum atomic E-state index is 11.5. The van der Waals surface area contributed by atoms with Crippen molar-refractivity contribution in [1.82, 2.24) is 0 Å². The second-order valence-corrected chi connectivity index (χ2v) is 4.09. The molecule has 3 N–H and O–H groups in total. The largest absolute Gasteiger partial charge is 0.488 e. The lowest BCUT2D eigenvalue weighted by molar-refractivity contribution is -0.117. The molecule has 0 aliphatic carbocycles. The van der Waals surface area contributed by atoms with Crippen LogP contribution in [-0.4, -0.2) is 12.0 Å². The monoisotopic (exact) mass is 220 g/mol. The van der Waals surface area contributed by atoms with E-state index in [-0.39, 0.29) is 12.0 Å². The third kappa shape index (κ3) is 1.96. The van der Waals surface area contributed by atoms with E-state index in [9.17, 15) is 4.79 Å². The number of ether oxygens (including phenoxy) is 1. The van der Waals surface area contributed by atoms with Crippen LogP contribution in [0.4, 0.5) is 11.4 Å². The second-order valence-electron chi connectivity index (χ2n) is 4.09. The Bertz CT molecular complexity index is 429. The van der Waals surface area contributed by atoms with Gasteiger partial charge >= 0.3 is 0 Å². The van der Waals surface area contributed by atoms with E-state index in [1.54, 1.807) is 6.07 Å². The van der Waals surface area contributed by atoms with Gasteiger partial charge in [0.1, 0.15) is 11.9 Å². The summed E-state index contributed by atoms with van der Waals surface area (Å²) in [6.07, 6.45) is 1.10. The lowest BCUT2D eigenvalue weighted by Gasteiger charge is -2.15. The summed E-state index contributed by atoms with van der Waals surface area (Å²) in [4.78, 5) is 11.5. The van der Waals surface area contributed by atoms with Crippen LogP contribution in [0.5, 0.6) is 5.75 Å². The molecule has 1 amide bonds. The van der Waals surface area contributed by atoms with Crippen LogP contribution in [0.15, 0.2) is 12.1 Å². The van der Waals surface area contributed by atoms with E-state index in [1.807, 2.05) is 19.9 Å². The van der Waals surface area contributed by atoms with Crippen molar-refractivity contribution >= 4 is 17.3 Å². The number of carbonyl (C=O) groups excluding carboxylic acids is 1. The molecule has 0 bridgehead atoms. The first-order chi connectivity index (χ1) is 7.60. The molecule has 0 aromatic heterocycles. The predicted molar refractivity (Wildman–Crippen MR) is 63.6 cm³/mol. The van der Waals surface area contributed by atoms with Crippen LogP contribution in [0.1, 0.15) is 25.8 Å². The van der Waals surface area contributed by atoms with Gasteiger partial charge in [-0.25, -0.2) is 0 Å². The Balaban J connectivity index is 2.51. The highest BCUT2D eigenvalue weighted by Gasteiger charge is 2.21. The van der Waals surface area contributed by atoms with Gasteiger partial charge in [-0.2, -0.15) is 0 Å². The molecule has 1 aromatic rings. The van der Waals surface area contributed by atoms with Crippen molar-refractivity contribution in [2.24, 2.45) is 0 Å². The fourth-order valence-electron chi connectivity index (χ4n) is 1.91. The molecule has 1 aliphatic rings. The molecule has 0 radical (unpaired) electrons. The first kappa shape index (κ1) is 10.8. The van der Waals surface area contributed by atoms with Crippen molar-refractivity contribution < 1.29 is 9.53 Å². The van der Waals surface area contributed by atoms with Gasteiger partial charge in [0.2, 0.25) is 5.91 Å². The van der Waals surface area contributed by atoms with E-state index in [2.05, 4.69) is 5.32 Å². The number of rotatable bonds is 1. The van der Waals surface area contributed by atoms with Crippen LogP contribution < -0.4 is 15.8 Å². The Morgan fingerprint density at radius 2 is 2.31 bits per heavy atom. The first-order valence-corrected chi connectivity index (χ1v) is 5.49. The molecule has 1 heterocycles. The van der Waals surface area contributed by atoms with E-state index in [4.69, 9.17) is 10.5 Å². The van der Waals surface area contributed by atoms with Gasteiger partial charge in [-0.05, 0) is 31.0 Å². The summed E-state index contributed by atoms with van der Waals surface area (Å²) in [7, 11) is 0. The van der Waals surface area contributed by atoms with Crippen LogP contribution >= 0.6 is 0 Å².